The molecular weight excluding hydrogens is 128 g/mol. The van der Waals surface area contributed by atoms with Crippen LogP contribution in [0.5, 0.6) is 0 Å². The highest BCUT2D eigenvalue weighted by Gasteiger charge is 2.43. The molecule has 0 N–H and O–H groups in total. The normalized spacial score (nSPS) is 53.4. The third kappa shape index (κ3) is 0.789. The van der Waals surface area contributed by atoms with E-state index in [2.05, 4.69) is 13.8 Å². The smallest absolute Gasteiger partial charge is 0.0887 e. The largest absolute Gasteiger partial charge is 0.375 e. The van der Waals surface area contributed by atoms with Crippen LogP contribution in [0.15, 0.2) is 0 Å². The fourth-order valence-corrected chi connectivity index (χ4v) is 1.88. The van der Waals surface area contributed by atoms with Gasteiger partial charge in [0.1, 0.15) is 0 Å². The molecular formula is C8H14O2. The summed E-state index contributed by atoms with van der Waals surface area (Å²) in [5, 5.41) is 0. The molecule has 2 heteroatoms. The predicted molar refractivity (Wildman–Crippen MR) is 37.8 cm³/mol. The molecule has 58 valence electrons. The fourth-order valence-electron chi connectivity index (χ4n) is 1.88. The summed E-state index contributed by atoms with van der Waals surface area (Å²) in [5.41, 5.74) is 0. The van der Waals surface area contributed by atoms with Crippen molar-refractivity contribution in [2.75, 3.05) is 13.2 Å². The van der Waals surface area contributed by atoms with Gasteiger partial charge in [-0.2, -0.15) is 0 Å². The van der Waals surface area contributed by atoms with E-state index in [0.29, 0.717) is 24.0 Å². The molecule has 2 aliphatic heterocycles. The van der Waals surface area contributed by atoms with Crippen LogP contribution in [-0.4, -0.2) is 25.4 Å². The minimum absolute atomic E-state index is 0.398. The van der Waals surface area contributed by atoms with Gasteiger partial charge >= 0.3 is 0 Å². The summed E-state index contributed by atoms with van der Waals surface area (Å²) in [5.74, 6) is 1.21. The average molecular weight is 142 g/mol. The molecule has 2 nitrogen and oxygen atoms in total. The molecule has 0 aliphatic carbocycles. The van der Waals surface area contributed by atoms with Crippen LogP contribution in [0.4, 0.5) is 0 Å². The molecule has 4 atom stereocenters. The Morgan fingerprint density at radius 2 is 1.30 bits per heavy atom. The van der Waals surface area contributed by atoms with Crippen LogP contribution in [0.3, 0.4) is 0 Å². The second-order valence-electron chi connectivity index (χ2n) is 3.55. The van der Waals surface area contributed by atoms with Crippen molar-refractivity contribution in [1.82, 2.24) is 0 Å². The van der Waals surface area contributed by atoms with Crippen LogP contribution in [0, 0.1) is 11.8 Å². The molecule has 0 saturated carbocycles. The lowest BCUT2D eigenvalue weighted by molar-refractivity contribution is 0.0627. The first-order chi connectivity index (χ1) is 4.79. The van der Waals surface area contributed by atoms with Crippen LogP contribution in [0.2, 0.25) is 0 Å². The van der Waals surface area contributed by atoms with Crippen molar-refractivity contribution in [3.63, 3.8) is 0 Å². The average Bonchev–Trinajstić information content (AvgIpc) is 2.41. The number of hydrogen-bond acceptors (Lipinski definition) is 2. The van der Waals surface area contributed by atoms with Gasteiger partial charge < -0.3 is 9.47 Å². The van der Waals surface area contributed by atoms with Crippen LogP contribution in [0.25, 0.3) is 0 Å². The van der Waals surface area contributed by atoms with Gasteiger partial charge in [0, 0.05) is 11.8 Å². The van der Waals surface area contributed by atoms with Crippen molar-refractivity contribution in [2.45, 2.75) is 26.1 Å². The van der Waals surface area contributed by atoms with E-state index in [-0.39, 0.29) is 0 Å². The second-order valence-corrected chi connectivity index (χ2v) is 3.55. The molecule has 10 heavy (non-hydrogen) atoms. The topological polar surface area (TPSA) is 18.5 Å². The van der Waals surface area contributed by atoms with E-state index in [1.54, 1.807) is 0 Å². The van der Waals surface area contributed by atoms with E-state index in [9.17, 15) is 0 Å². The van der Waals surface area contributed by atoms with E-state index >= 15 is 0 Å². The Morgan fingerprint density at radius 3 is 1.70 bits per heavy atom. The van der Waals surface area contributed by atoms with E-state index < -0.39 is 0 Å². The molecule has 0 spiro atoms. The molecule has 2 fully saturated rings. The summed E-state index contributed by atoms with van der Waals surface area (Å²) in [6.45, 7) is 6.17. The Bertz CT molecular complexity index is 119. The first-order valence-electron chi connectivity index (χ1n) is 4.02. The molecule has 0 aromatic carbocycles. The van der Waals surface area contributed by atoms with Gasteiger partial charge in [0.25, 0.3) is 0 Å². The Hall–Kier alpha value is -0.0800. The minimum atomic E-state index is 0.398. The van der Waals surface area contributed by atoms with Crippen LogP contribution >= 0.6 is 0 Å². The molecule has 2 saturated heterocycles. The van der Waals surface area contributed by atoms with Gasteiger partial charge in [-0.3, -0.25) is 0 Å². The SMILES string of the molecule is CC1COC2[C@H]1OC[C@H]2C. The first-order valence-corrected chi connectivity index (χ1v) is 4.02. The highest BCUT2D eigenvalue weighted by atomic mass is 16.6. The lowest BCUT2D eigenvalue weighted by Gasteiger charge is -2.10. The fraction of sp³-hybridized carbons (Fsp3) is 1.00. The van der Waals surface area contributed by atoms with Gasteiger partial charge in [0.2, 0.25) is 0 Å². The van der Waals surface area contributed by atoms with Crippen molar-refractivity contribution in [3.8, 4) is 0 Å². The van der Waals surface area contributed by atoms with E-state index in [4.69, 9.17) is 9.47 Å². The van der Waals surface area contributed by atoms with Crippen molar-refractivity contribution < 1.29 is 9.47 Å². The zero-order chi connectivity index (χ0) is 7.14. The zero-order valence-electron chi connectivity index (χ0n) is 6.54. The molecule has 0 bridgehead atoms. The third-order valence-corrected chi connectivity index (χ3v) is 2.55. The Balaban J connectivity index is 2.09. The summed E-state index contributed by atoms with van der Waals surface area (Å²) in [4.78, 5) is 0. The highest BCUT2D eigenvalue weighted by Crippen LogP contribution is 2.33. The molecule has 2 aliphatic rings. The predicted octanol–water partition coefficient (Wildman–Crippen LogP) is 1.06. The highest BCUT2D eigenvalue weighted by molar-refractivity contribution is 4.90. The van der Waals surface area contributed by atoms with Gasteiger partial charge in [-0.25, -0.2) is 0 Å². The number of rotatable bonds is 0. The molecule has 2 rings (SSSR count). The van der Waals surface area contributed by atoms with Crippen LogP contribution in [-0.2, 0) is 9.47 Å². The van der Waals surface area contributed by atoms with Crippen LogP contribution in [0.1, 0.15) is 13.8 Å². The monoisotopic (exact) mass is 142 g/mol. The number of hydrogen-bond donors (Lipinski definition) is 0. The lowest BCUT2D eigenvalue weighted by atomic mass is 9.99. The summed E-state index contributed by atoms with van der Waals surface area (Å²) in [7, 11) is 0. The zero-order valence-corrected chi connectivity index (χ0v) is 6.54. The third-order valence-electron chi connectivity index (χ3n) is 2.55. The molecule has 0 aromatic heterocycles. The maximum absolute atomic E-state index is 5.58. The molecule has 2 unspecified atom stereocenters. The standard InChI is InChI=1S/C8H14O2/c1-5-3-9-8-6(2)4-10-7(5)8/h5-8H,3-4H2,1-2H3/t5-,6?,7?,8+/m1/s1. The molecule has 0 radical (unpaired) electrons. The van der Waals surface area contributed by atoms with Crippen molar-refractivity contribution in [1.29, 1.82) is 0 Å². The first kappa shape index (κ1) is 6.62. The number of fused-ring (bicyclic) bond motifs is 1. The molecule has 2 heterocycles. The van der Waals surface area contributed by atoms with Crippen LogP contribution < -0.4 is 0 Å². The summed E-state index contributed by atoms with van der Waals surface area (Å²) in [6.07, 6.45) is 0.796. The second kappa shape index (κ2) is 2.21. The van der Waals surface area contributed by atoms with Gasteiger partial charge in [-0.1, -0.05) is 13.8 Å². The Morgan fingerprint density at radius 1 is 0.900 bits per heavy atom. The maximum Gasteiger partial charge on any atom is 0.0887 e. The van der Waals surface area contributed by atoms with Gasteiger partial charge in [0.05, 0.1) is 25.4 Å². The molecule has 0 aromatic rings. The Kier molecular flexibility index (Phi) is 1.46. The minimum Gasteiger partial charge on any atom is -0.375 e. The van der Waals surface area contributed by atoms with E-state index in [1.165, 1.54) is 0 Å². The lowest BCUT2D eigenvalue weighted by Crippen LogP contribution is -2.23. The quantitative estimate of drug-likeness (QED) is 0.503. The summed E-state index contributed by atoms with van der Waals surface area (Å²) < 4.78 is 11.2. The van der Waals surface area contributed by atoms with Crippen molar-refractivity contribution in [2.24, 2.45) is 11.8 Å². The summed E-state index contributed by atoms with van der Waals surface area (Å²) >= 11 is 0. The van der Waals surface area contributed by atoms with E-state index in [1.807, 2.05) is 0 Å². The Labute approximate surface area is 61.5 Å². The van der Waals surface area contributed by atoms with Gasteiger partial charge in [-0.05, 0) is 0 Å². The van der Waals surface area contributed by atoms with Crippen molar-refractivity contribution >= 4 is 0 Å². The summed E-state index contributed by atoms with van der Waals surface area (Å²) in [6, 6.07) is 0. The van der Waals surface area contributed by atoms with E-state index in [0.717, 1.165) is 13.2 Å². The maximum atomic E-state index is 5.58. The molecule has 0 amide bonds. The van der Waals surface area contributed by atoms with Gasteiger partial charge in [0.15, 0.2) is 0 Å². The van der Waals surface area contributed by atoms with Gasteiger partial charge in [-0.15, -0.1) is 0 Å². The number of ether oxygens (including phenoxy) is 2. The van der Waals surface area contributed by atoms with Crippen molar-refractivity contribution in [3.05, 3.63) is 0 Å².